The minimum absolute atomic E-state index is 0.0850. The molecule has 1 N–H and O–H groups in total. The molecule has 4 aromatic rings. The number of carbonyl (C=O) groups is 1. The van der Waals surface area contributed by atoms with E-state index in [-0.39, 0.29) is 11.4 Å². The number of nitrogens with zero attached hydrogens (tertiary/aromatic N) is 3. The maximum absolute atomic E-state index is 13.2. The van der Waals surface area contributed by atoms with Crippen molar-refractivity contribution < 1.29 is 17.6 Å². The molecule has 0 fully saturated rings. The van der Waals surface area contributed by atoms with Crippen LogP contribution in [0.4, 0.5) is 0 Å². The average molecular weight is 519 g/mol. The summed E-state index contributed by atoms with van der Waals surface area (Å²) in [6.07, 6.45) is 3.03. The molecule has 0 atom stereocenters. The Hall–Kier alpha value is -3.95. The molecule has 37 heavy (non-hydrogen) atoms. The number of hydrazone groups is 1. The summed E-state index contributed by atoms with van der Waals surface area (Å²) in [5, 5.41) is 4.11. The van der Waals surface area contributed by atoms with Crippen LogP contribution in [0.5, 0.6) is 0 Å². The van der Waals surface area contributed by atoms with Crippen molar-refractivity contribution in [1.82, 2.24) is 14.3 Å². The van der Waals surface area contributed by atoms with Gasteiger partial charge < -0.3 is 8.98 Å². The van der Waals surface area contributed by atoms with Crippen LogP contribution in [-0.2, 0) is 21.4 Å². The Morgan fingerprint density at radius 1 is 1.03 bits per heavy atom. The number of sulfonamides is 1. The lowest BCUT2D eigenvalue weighted by atomic mass is 10.1. The number of carbonyl (C=O) groups excluding carboxylic acids is 1. The molecule has 2 heterocycles. The van der Waals surface area contributed by atoms with Crippen LogP contribution in [0.15, 0.2) is 87.4 Å². The van der Waals surface area contributed by atoms with E-state index in [9.17, 15) is 13.2 Å². The van der Waals surface area contributed by atoms with E-state index in [1.807, 2.05) is 19.9 Å². The third-order valence-corrected chi connectivity index (χ3v) is 7.89. The number of aromatic nitrogens is 1. The summed E-state index contributed by atoms with van der Waals surface area (Å²) in [6, 6.07) is 19.6. The third kappa shape index (κ3) is 5.90. The van der Waals surface area contributed by atoms with Gasteiger partial charge in [0.05, 0.1) is 30.5 Å². The highest BCUT2D eigenvalue weighted by Crippen LogP contribution is 2.23. The highest BCUT2D eigenvalue weighted by molar-refractivity contribution is 7.89. The van der Waals surface area contributed by atoms with E-state index in [2.05, 4.69) is 47.1 Å². The van der Waals surface area contributed by atoms with Crippen molar-refractivity contribution in [2.24, 2.45) is 5.10 Å². The first kappa shape index (κ1) is 26.1. The predicted molar refractivity (Wildman–Crippen MR) is 143 cm³/mol. The second kappa shape index (κ2) is 11.0. The molecule has 0 saturated heterocycles. The first-order valence-corrected chi connectivity index (χ1v) is 13.3. The van der Waals surface area contributed by atoms with E-state index >= 15 is 0 Å². The maximum Gasteiger partial charge on any atom is 0.255 e. The molecule has 8 nitrogen and oxygen atoms in total. The van der Waals surface area contributed by atoms with Crippen LogP contribution < -0.4 is 5.43 Å². The van der Waals surface area contributed by atoms with Gasteiger partial charge in [0, 0.05) is 22.6 Å². The lowest BCUT2D eigenvalue weighted by Crippen LogP contribution is -2.39. The van der Waals surface area contributed by atoms with Crippen LogP contribution in [0.2, 0.25) is 0 Å². The third-order valence-electron chi connectivity index (χ3n) is 6.08. The largest absolute Gasteiger partial charge is 0.468 e. The number of benzene rings is 2. The molecule has 0 aliphatic rings. The first-order valence-electron chi connectivity index (χ1n) is 11.8. The van der Waals surface area contributed by atoms with Gasteiger partial charge in [-0.1, -0.05) is 30.3 Å². The lowest BCUT2D eigenvalue weighted by molar-refractivity contribution is -0.121. The number of nitrogens with one attached hydrogen (secondary N) is 1. The molecule has 0 unspecified atom stereocenters. The Morgan fingerprint density at radius 2 is 1.78 bits per heavy atom. The van der Waals surface area contributed by atoms with E-state index in [4.69, 9.17) is 4.42 Å². The fraction of sp³-hybridized carbons (Fsp3) is 0.214. The molecule has 1 amide bonds. The minimum atomic E-state index is -3.94. The van der Waals surface area contributed by atoms with Crippen LogP contribution in [0.1, 0.15) is 33.8 Å². The summed E-state index contributed by atoms with van der Waals surface area (Å²) in [5.41, 5.74) is 8.75. The van der Waals surface area contributed by atoms with Gasteiger partial charge in [-0.05, 0) is 75.2 Å². The lowest BCUT2D eigenvalue weighted by Gasteiger charge is -2.20. The predicted octanol–water partition coefficient (Wildman–Crippen LogP) is 4.65. The van der Waals surface area contributed by atoms with Gasteiger partial charge in [0.1, 0.15) is 5.76 Å². The second-order valence-corrected chi connectivity index (χ2v) is 10.8. The fourth-order valence-corrected chi connectivity index (χ4v) is 5.55. The van der Waals surface area contributed by atoms with E-state index < -0.39 is 22.5 Å². The first-order chi connectivity index (χ1) is 17.7. The van der Waals surface area contributed by atoms with Gasteiger partial charge in [0.2, 0.25) is 10.0 Å². The molecule has 9 heteroatoms. The normalized spacial score (nSPS) is 11.9. The van der Waals surface area contributed by atoms with E-state index in [1.54, 1.807) is 36.5 Å². The van der Waals surface area contributed by atoms with Crippen LogP contribution >= 0.6 is 0 Å². The van der Waals surface area contributed by atoms with Gasteiger partial charge in [-0.15, -0.1) is 0 Å². The van der Waals surface area contributed by atoms with Crippen molar-refractivity contribution >= 4 is 22.1 Å². The zero-order valence-corrected chi connectivity index (χ0v) is 22.1. The topological polar surface area (TPSA) is 96.9 Å². The molecule has 2 aromatic carbocycles. The highest BCUT2D eigenvalue weighted by Gasteiger charge is 2.27. The number of hydrogen-bond donors (Lipinski definition) is 1. The van der Waals surface area contributed by atoms with Gasteiger partial charge in [-0.25, -0.2) is 13.8 Å². The van der Waals surface area contributed by atoms with Gasteiger partial charge in [0.25, 0.3) is 5.91 Å². The van der Waals surface area contributed by atoms with Gasteiger partial charge in [-0.3, -0.25) is 4.79 Å². The van der Waals surface area contributed by atoms with Crippen molar-refractivity contribution in [3.8, 4) is 5.69 Å². The van der Waals surface area contributed by atoms with E-state index in [0.717, 1.165) is 32.5 Å². The summed E-state index contributed by atoms with van der Waals surface area (Å²) >= 11 is 0. The zero-order valence-electron chi connectivity index (χ0n) is 21.3. The van der Waals surface area contributed by atoms with Gasteiger partial charge in [0.15, 0.2) is 0 Å². The van der Waals surface area contributed by atoms with Crippen LogP contribution in [0.25, 0.3) is 5.69 Å². The SMILES string of the molecule is Cc1ccc(C)c(-n2c(C)cc(/C=N/NC(=O)CN(Cc3ccco3)S(=O)(=O)c3ccccc3)c2C)c1. The molecule has 0 aliphatic carbocycles. The molecule has 192 valence electrons. The molecule has 0 spiro atoms. The minimum Gasteiger partial charge on any atom is -0.468 e. The van der Waals surface area contributed by atoms with Gasteiger partial charge >= 0.3 is 0 Å². The maximum atomic E-state index is 13.2. The molecule has 0 saturated carbocycles. The highest BCUT2D eigenvalue weighted by atomic mass is 32.2. The van der Waals surface area contributed by atoms with Crippen molar-refractivity contribution in [1.29, 1.82) is 0 Å². The van der Waals surface area contributed by atoms with E-state index in [0.29, 0.717) is 5.76 Å². The molecule has 0 bridgehead atoms. The summed E-state index contributed by atoms with van der Waals surface area (Å²) < 4.78 is 35.0. The van der Waals surface area contributed by atoms with Crippen molar-refractivity contribution in [2.45, 2.75) is 39.1 Å². The molecule has 2 aromatic heterocycles. The quantitative estimate of drug-likeness (QED) is 0.258. The molecule has 0 aliphatic heterocycles. The van der Waals surface area contributed by atoms with Crippen LogP contribution in [0, 0.1) is 27.7 Å². The molecular formula is C28H30N4O4S. The summed E-state index contributed by atoms with van der Waals surface area (Å²) in [7, 11) is -3.94. The smallest absolute Gasteiger partial charge is 0.255 e. The zero-order chi connectivity index (χ0) is 26.6. The monoisotopic (exact) mass is 518 g/mol. The summed E-state index contributed by atoms with van der Waals surface area (Å²) in [5.74, 6) is -0.139. The number of hydrogen-bond acceptors (Lipinski definition) is 5. The van der Waals surface area contributed by atoms with Crippen molar-refractivity contribution in [3.05, 3.63) is 107 Å². The summed E-state index contributed by atoms with van der Waals surface area (Å²) in [6.45, 7) is 7.64. The molecule has 0 radical (unpaired) electrons. The fourth-order valence-electron chi connectivity index (χ4n) is 4.16. The van der Waals surface area contributed by atoms with Crippen molar-refractivity contribution in [3.63, 3.8) is 0 Å². The Bertz CT molecular complexity index is 1520. The van der Waals surface area contributed by atoms with Crippen LogP contribution in [-0.4, -0.2) is 36.0 Å². The Kier molecular flexibility index (Phi) is 7.75. The van der Waals surface area contributed by atoms with E-state index in [1.165, 1.54) is 24.0 Å². The summed E-state index contributed by atoms with van der Waals surface area (Å²) in [4.78, 5) is 12.8. The number of amides is 1. The number of aryl methyl sites for hydroxylation is 3. The number of rotatable bonds is 9. The standard InChI is InChI=1S/C28H30N4O4S/c1-20-12-13-21(2)27(15-20)32-22(3)16-24(23(32)4)17-29-30-28(33)19-31(18-25-9-8-14-36-25)37(34,35)26-10-6-5-7-11-26/h5-17H,18-19H2,1-4H3,(H,30,33)/b29-17+. The Labute approximate surface area is 217 Å². The van der Waals surface area contributed by atoms with Gasteiger partial charge in [-0.2, -0.15) is 9.41 Å². The molecule has 4 rings (SSSR count). The second-order valence-electron chi connectivity index (χ2n) is 8.91. The van der Waals surface area contributed by atoms with Crippen molar-refractivity contribution in [2.75, 3.05) is 6.54 Å². The Morgan fingerprint density at radius 3 is 2.49 bits per heavy atom. The Balaban J connectivity index is 1.51. The average Bonchev–Trinajstić information content (AvgIpc) is 3.48. The number of furan rings is 1. The van der Waals surface area contributed by atoms with Crippen LogP contribution in [0.3, 0.4) is 0 Å². The molecular weight excluding hydrogens is 488 g/mol.